The first-order valence-corrected chi connectivity index (χ1v) is 5.98. The Morgan fingerprint density at radius 3 is 2.74 bits per heavy atom. The van der Waals surface area contributed by atoms with Crippen molar-refractivity contribution in [3.05, 3.63) is 51.3 Å². The number of nitro groups is 1. The standard InChI is InChI=1S/C13H16N4O2/c1-9-6-12(4-5-13(9)17(18)19)16-8-11(7-14-3)10(2)15-16/h4-6,8,14H,7H2,1-3H3. The number of benzene rings is 1. The van der Waals surface area contributed by atoms with Gasteiger partial charge in [0, 0.05) is 29.9 Å². The zero-order valence-corrected chi connectivity index (χ0v) is 11.2. The van der Waals surface area contributed by atoms with Crippen molar-refractivity contribution in [2.24, 2.45) is 0 Å². The molecule has 19 heavy (non-hydrogen) atoms. The molecule has 6 heteroatoms. The van der Waals surface area contributed by atoms with E-state index in [1.54, 1.807) is 23.7 Å². The molecule has 0 bridgehead atoms. The summed E-state index contributed by atoms with van der Waals surface area (Å²) in [5.41, 5.74) is 3.64. The molecule has 0 saturated carbocycles. The van der Waals surface area contributed by atoms with Crippen LogP contribution in [0.2, 0.25) is 0 Å². The zero-order chi connectivity index (χ0) is 14.0. The van der Waals surface area contributed by atoms with Crippen molar-refractivity contribution >= 4 is 5.69 Å². The van der Waals surface area contributed by atoms with Gasteiger partial charge in [0.2, 0.25) is 0 Å². The highest BCUT2D eigenvalue weighted by molar-refractivity contribution is 5.47. The smallest absolute Gasteiger partial charge is 0.272 e. The van der Waals surface area contributed by atoms with E-state index in [9.17, 15) is 10.1 Å². The van der Waals surface area contributed by atoms with Gasteiger partial charge in [0.05, 0.1) is 16.3 Å². The summed E-state index contributed by atoms with van der Waals surface area (Å²) in [5, 5.41) is 18.3. The van der Waals surface area contributed by atoms with E-state index in [1.807, 2.05) is 20.2 Å². The van der Waals surface area contributed by atoms with Crippen molar-refractivity contribution in [3.63, 3.8) is 0 Å². The molecule has 0 radical (unpaired) electrons. The highest BCUT2D eigenvalue weighted by Gasteiger charge is 2.12. The lowest BCUT2D eigenvalue weighted by Crippen LogP contribution is -2.05. The quantitative estimate of drug-likeness (QED) is 0.675. The van der Waals surface area contributed by atoms with Crippen LogP contribution in [0, 0.1) is 24.0 Å². The second-order valence-electron chi connectivity index (χ2n) is 4.44. The summed E-state index contributed by atoms with van der Waals surface area (Å²) >= 11 is 0. The lowest BCUT2D eigenvalue weighted by Gasteiger charge is -2.03. The van der Waals surface area contributed by atoms with Crippen LogP contribution in [-0.2, 0) is 6.54 Å². The summed E-state index contributed by atoms with van der Waals surface area (Å²) in [5.74, 6) is 0. The lowest BCUT2D eigenvalue weighted by molar-refractivity contribution is -0.385. The molecule has 0 aliphatic rings. The van der Waals surface area contributed by atoms with Crippen molar-refractivity contribution < 1.29 is 4.92 Å². The summed E-state index contributed by atoms with van der Waals surface area (Å²) in [4.78, 5) is 10.4. The van der Waals surface area contributed by atoms with E-state index >= 15 is 0 Å². The highest BCUT2D eigenvalue weighted by atomic mass is 16.6. The SMILES string of the molecule is CNCc1cn(-c2ccc([N+](=O)[O-])c(C)c2)nc1C. The molecule has 0 saturated heterocycles. The van der Waals surface area contributed by atoms with E-state index < -0.39 is 0 Å². The molecule has 0 fully saturated rings. The van der Waals surface area contributed by atoms with Gasteiger partial charge in [-0.05, 0) is 33.0 Å². The van der Waals surface area contributed by atoms with Crippen LogP contribution in [0.3, 0.4) is 0 Å². The Balaban J connectivity index is 2.39. The average molecular weight is 260 g/mol. The van der Waals surface area contributed by atoms with Crippen LogP contribution in [0.1, 0.15) is 16.8 Å². The number of hydrogen-bond acceptors (Lipinski definition) is 4. The van der Waals surface area contributed by atoms with Crippen molar-refractivity contribution in [1.29, 1.82) is 0 Å². The molecule has 1 heterocycles. The van der Waals surface area contributed by atoms with Crippen LogP contribution < -0.4 is 5.32 Å². The first kappa shape index (κ1) is 13.2. The number of rotatable bonds is 4. The summed E-state index contributed by atoms with van der Waals surface area (Å²) < 4.78 is 1.75. The number of nitrogens with zero attached hydrogens (tertiary/aromatic N) is 3. The van der Waals surface area contributed by atoms with Crippen LogP contribution in [0.4, 0.5) is 5.69 Å². The molecule has 100 valence electrons. The number of nitro benzene ring substituents is 1. The Labute approximate surface area is 111 Å². The van der Waals surface area contributed by atoms with Gasteiger partial charge in [-0.25, -0.2) is 4.68 Å². The van der Waals surface area contributed by atoms with Gasteiger partial charge in [-0.15, -0.1) is 0 Å². The third-order valence-electron chi connectivity index (χ3n) is 3.01. The van der Waals surface area contributed by atoms with Gasteiger partial charge >= 0.3 is 0 Å². The van der Waals surface area contributed by atoms with E-state index in [0.717, 1.165) is 23.5 Å². The predicted molar refractivity (Wildman–Crippen MR) is 72.5 cm³/mol. The van der Waals surface area contributed by atoms with Gasteiger partial charge in [0.1, 0.15) is 0 Å². The highest BCUT2D eigenvalue weighted by Crippen LogP contribution is 2.21. The Morgan fingerprint density at radius 2 is 2.16 bits per heavy atom. The predicted octanol–water partition coefficient (Wildman–Crippen LogP) is 2.12. The number of aromatic nitrogens is 2. The van der Waals surface area contributed by atoms with Crippen molar-refractivity contribution in [2.75, 3.05) is 7.05 Å². The minimum Gasteiger partial charge on any atom is -0.316 e. The average Bonchev–Trinajstić information content (AvgIpc) is 2.71. The summed E-state index contributed by atoms with van der Waals surface area (Å²) in [7, 11) is 1.88. The minimum absolute atomic E-state index is 0.128. The fraction of sp³-hybridized carbons (Fsp3) is 0.308. The van der Waals surface area contributed by atoms with Crippen molar-refractivity contribution in [1.82, 2.24) is 15.1 Å². The van der Waals surface area contributed by atoms with E-state index in [1.165, 1.54) is 6.07 Å². The molecule has 1 aromatic heterocycles. The normalized spacial score (nSPS) is 10.7. The van der Waals surface area contributed by atoms with Gasteiger partial charge < -0.3 is 5.32 Å². The molecule has 0 atom stereocenters. The summed E-state index contributed by atoms with van der Waals surface area (Å²) in [6.07, 6.45) is 1.94. The van der Waals surface area contributed by atoms with Gasteiger partial charge in [-0.3, -0.25) is 10.1 Å². The fourth-order valence-electron chi connectivity index (χ4n) is 1.98. The van der Waals surface area contributed by atoms with Gasteiger partial charge in [-0.2, -0.15) is 5.10 Å². The van der Waals surface area contributed by atoms with Gasteiger partial charge in [-0.1, -0.05) is 0 Å². The summed E-state index contributed by atoms with van der Waals surface area (Å²) in [6.45, 7) is 4.42. The molecule has 0 amide bonds. The topological polar surface area (TPSA) is 73.0 Å². The molecule has 1 aromatic carbocycles. The maximum Gasteiger partial charge on any atom is 0.272 e. The van der Waals surface area contributed by atoms with Crippen LogP contribution >= 0.6 is 0 Å². The van der Waals surface area contributed by atoms with Crippen LogP contribution in [0.15, 0.2) is 24.4 Å². The maximum absolute atomic E-state index is 10.8. The molecule has 0 aliphatic heterocycles. The Morgan fingerprint density at radius 1 is 1.42 bits per heavy atom. The second-order valence-corrected chi connectivity index (χ2v) is 4.44. The lowest BCUT2D eigenvalue weighted by atomic mass is 10.2. The molecular weight excluding hydrogens is 244 g/mol. The zero-order valence-electron chi connectivity index (χ0n) is 11.2. The van der Waals surface area contributed by atoms with Crippen LogP contribution in [0.5, 0.6) is 0 Å². The molecule has 2 rings (SSSR count). The summed E-state index contributed by atoms with van der Waals surface area (Å²) in [6, 6.07) is 4.99. The number of hydrogen-bond donors (Lipinski definition) is 1. The number of nitrogens with one attached hydrogen (secondary N) is 1. The van der Waals surface area contributed by atoms with Gasteiger partial charge in [0.15, 0.2) is 0 Å². The molecule has 0 unspecified atom stereocenters. The minimum atomic E-state index is -0.375. The maximum atomic E-state index is 10.8. The largest absolute Gasteiger partial charge is 0.316 e. The molecule has 0 spiro atoms. The molecule has 6 nitrogen and oxygen atoms in total. The van der Waals surface area contributed by atoms with Crippen LogP contribution in [0.25, 0.3) is 5.69 Å². The fourth-order valence-corrected chi connectivity index (χ4v) is 1.98. The Bertz CT molecular complexity index is 619. The van der Waals surface area contributed by atoms with Crippen molar-refractivity contribution in [3.8, 4) is 5.69 Å². The van der Waals surface area contributed by atoms with E-state index in [2.05, 4.69) is 10.4 Å². The van der Waals surface area contributed by atoms with Gasteiger partial charge in [0.25, 0.3) is 5.69 Å². The number of aryl methyl sites for hydroxylation is 2. The first-order valence-electron chi connectivity index (χ1n) is 5.98. The van der Waals surface area contributed by atoms with Crippen LogP contribution in [-0.4, -0.2) is 21.8 Å². The monoisotopic (exact) mass is 260 g/mol. The Kier molecular flexibility index (Phi) is 3.62. The third-order valence-corrected chi connectivity index (χ3v) is 3.01. The molecule has 1 N–H and O–H groups in total. The third kappa shape index (κ3) is 2.63. The molecule has 2 aromatic rings. The van der Waals surface area contributed by atoms with E-state index in [4.69, 9.17) is 0 Å². The first-order chi connectivity index (χ1) is 9.02. The van der Waals surface area contributed by atoms with Crippen molar-refractivity contribution in [2.45, 2.75) is 20.4 Å². The Hall–Kier alpha value is -2.21. The molecule has 0 aliphatic carbocycles. The second kappa shape index (κ2) is 5.19. The molecular formula is C13H16N4O2. The van der Waals surface area contributed by atoms with E-state index in [-0.39, 0.29) is 10.6 Å². The van der Waals surface area contributed by atoms with E-state index in [0.29, 0.717) is 5.56 Å².